The first kappa shape index (κ1) is 17.5. The summed E-state index contributed by atoms with van der Waals surface area (Å²) in [5.41, 5.74) is 0.659. The molecule has 0 aromatic carbocycles. The van der Waals surface area contributed by atoms with E-state index in [-0.39, 0.29) is 5.91 Å². The Bertz CT molecular complexity index is 688. The Morgan fingerprint density at radius 1 is 1.40 bits per heavy atom. The molecule has 0 unspecified atom stereocenters. The molecule has 0 radical (unpaired) electrons. The maximum Gasteiger partial charge on any atom is 0.246 e. The van der Waals surface area contributed by atoms with Gasteiger partial charge in [-0.2, -0.15) is 4.98 Å². The molecule has 7 nitrogen and oxygen atoms in total. The topological polar surface area (TPSA) is 75.4 Å². The Morgan fingerprint density at radius 2 is 2.28 bits per heavy atom. The standard InChI is InChI=1S/C18H25N5O2/c1-22-12-6-4-7-14(22)9-10-17(24)23(2)13-16-20-18(21-25-16)15-8-3-5-11-19-15/h3,5,8,11,14H,4,6-7,9-10,12-13H2,1-2H3/t14-/m0/s1. The van der Waals surface area contributed by atoms with E-state index < -0.39 is 0 Å². The molecule has 1 atom stereocenters. The Morgan fingerprint density at radius 3 is 3.04 bits per heavy atom. The van der Waals surface area contributed by atoms with Crippen molar-refractivity contribution in [1.29, 1.82) is 0 Å². The van der Waals surface area contributed by atoms with Gasteiger partial charge in [-0.25, -0.2) is 0 Å². The molecule has 3 heterocycles. The Hall–Kier alpha value is -2.28. The van der Waals surface area contributed by atoms with Crippen LogP contribution in [0.2, 0.25) is 0 Å². The van der Waals surface area contributed by atoms with E-state index in [0.717, 1.165) is 13.0 Å². The second-order valence-corrected chi connectivity index (χ2v) is 6.65. The maximum atomic E-state index is 12.4. The number of piperidine rings is 1. The number of hydrogen-bond donors (Lipinski definition) is 0. The summed E-state index contributed by atoms with van der Waals surface area (Å²) >= 11 is 0. The number of hydrogen-bond acceptors (Lipinski definition) is 6. The third kappa shape index (κ3) is 4.63. The van der Waals surface area contributed by atoms with Crippen LogP contribution in [0, 0.1) is 0 Å². The summed E-state index contributed by atoms with van der Waals surface area (Å²) in [6, 6.07) is 6.05. The second-order valence-electron chi connectivity index (χ2n) is 6.65. The zero-order chi connectivity index (χ0) is 17.6. The van der Waals surface area contributed by atoms with Crippen LogP contribution in [0.4, 0.5) is 0 Å². The van der Waals surface area contributed by atoms with Gasteiger partial charge >= 0.3 is 0 Å². The van der Waals surface area contributed by atoms with Gasteiger partial charge in [0.25, 0.3) is 0 Å². The number of aromatic nitrogens is 3. The number of likely N-dealkylation sites (tertiary alicyclic amines) is 1. The first-order chi connectivity index (χ1) is 12.1. The number of carbonyl (C=O) groups excluding carboxylic acids is 1. The molecule has 1 aliphatic rings. The van der Waals surface area contributed by atoms with Crippen molar-refractivity contribution < 1.29 is 9.32 Å². The maximum absolute atomic E-state index is 12.4. The summed E-state index contributed by atoms with van der Waals surface area (Å²) in [7, 11) is 3.92. The first-order valence-electron chi connectivity index (χ1n) is 8.81. The molecule has 7 heteroatoms. The van der Waals surface area contributed by atoms with E-state index in [1.807, 2.05) is 18.2 Å². The van der Waals surface area contributed by atoms with E-state index in [4.69, 9.17) is 4.52 Å². The van der Waals surface area contributed by atoms with Crippen LogP contribution in [0.25, 0.3) is 11.5 Å². The van der Waals surface area contributed by atoms with E-state index >= 15 is 0 Å². The van der Waals surface area contributed by atoms with Crippen molar-refractivity contribution in [3.8, 4) is 11.5 Å². The monoisotopic (exact) mass is 343 g/mol. The van der Waals surface area contributed by atoms with Crippen LogP contribution in [-0.2, 0) is 11.3 Å². The highest BCUT2D eigenvalue weighted by atomic mass is 16.5. The highest BCUT2D eigenvalue weighted by Crippen LogP contribution is 2.19. The third-order valence-electron chi connectivity index (χ3n) is 4.77. The molecule has 0 saturated carbocycles. The van der Waals surface area contributed by atoms with Gasteiger partial charge in [-0.1, -0.05) is 17.6 Å². The average Bonchev–Trinajstić information content (AvgIpc) is 3.10. The minimum atomic E-state index is 0.108. The van der Waals surface area contributed by atoms with E-state index in [1.165, 1.54) is 19.3 Å². The molecule has 3 rings (SSSR count). The minimum absolute atomic E-state index is 0.108. The quantitative estimate of drug-likeness (QED) is 0.801. The van der Waals surface area contributed by atoms with Crippen LogP contribution < -0.4 is 0 Å². The number of rotatable bonds is 6. The predicted molar refractivity (Wildman–Crippen MR) is 93.5 cm³/mol. The Balaban J connectivity index is 1.50. The molecule has 25 heavy (non-hydrogen) atoms. The summed E-state index contributed by atoms with van der Waals surface area (Å²) in [5, 5.41) is 3.93. The number of nitrogens with zero attached hydrogens (tertiary/aromatic N) is 5. The lowest BCUT2D eigenvalue weighted by molar-refractivity contribution is -0.131. The highest BCUT2D eigenvalue weighted by molar-refractivity contribution is 5.75. The van der Waals surface area contributed by atoms with Gasteiger partial charge in [0.2, 0.25) is 17.6 Å². The predicted octanol–water partition coefficient (Wildman–Crippen LogP) is 2.35. The zero-order valence-corrected chi connectivity index (χ0v) is 14.9. The van der Waals surface area contributed by atoms with Crippen molar-refractivity contribution in [3.63, 3.8) is 0 Å². The molecular formula is C18H25N5O2. The molecule has 0 N–H and O–H groups in total. The van der Waals surface area contributed by atoms with E-state index in [0.29, 0.717) is 36.4 Å². The number of pyridine rings is 1. The highest BCUT2D eigenvalue weighted by Gasteiger charge is 2.21. The van der Waals surface area contributed by atoms with Crippen molar-refractivity contribution in [2.24, 2.45) is 0 Å². The second kappa shape index (κ2) is 8.20. The van der Waals surface area contributed by atoms with Gasteiger partial charge in [0.15, 0.2) is 0 Å². The third-order valence-corrected chi connectivity index (χ3v) is 4.77. The molecule has 1 amide bonds. The summed E-state index contributed by atoms with van der Waals surface area (Å²) in [6.07, 6.45) is 6.84. The molecule has 2 aromatic heterocycles. The molecule has 1 aliphatic heterocycles. The molecule has 0 bridgehead atoms. The summed E-state index contributed by atoms with van der Waals surface area (Å²) in [6.45, 7) is 1.45. The van der Waals surface area contributed by atoms with Crippen molar-refractivity contribution in [1.82, 2.24) is 24.9 Å². The molecular weight excluding hydrogens is 318 g/mol. The number of carbonyl (C=O) groups is 1. The lowest BCUT2D eigenvalue weighted by Gasteiger charge is -2.32. The van der Waals surface area contributed by atoms with E-state index in [9.17, 15) is 4.79 Å². The molecule has 134 valence electrons. The first-order valence-corrected chi connectivity index (χ1v) is 8.81. The lowest BCUT2D eigenvalue weighted by Crippen LogP contribution is -2.37. The SMILES string of the molecule is CN(Cc1nc(-c2ccccn2)no1)C(=O)CC[C@@H]1CCCCN1C. The number of amides is 1. The van der Waals surface area contributed by atoms with Gasteiger partial charge in [0, 0.05) is 25.7 Å². The van der Waals surface area contributed by atoms with Gasteiger partial charge < -0.3 is 14.3 Å². The normalized spacial score (nSPS) is 18.2. The average molecular weight is 343 g/mol. The van der Waals surface area contributed by atoms with Gasteiger partial charge in [-0.05, 0) is 45.0 Å². The molecule has 0 aliphatic carbocycles. The van der Waals surface area contributed by atoms with Crippen LogP contribution in [0.5, 0.6) is 0 Å². The van der Waals surface area contributed by atoms with Gasteiger partial charge in [-0.15, -0.1) is 0 Å². The molecule has 0 spiro atoms. The molecule has 1 saturated heterocycles. The summed E-state index contributed by atoms with van der Waals surface area (Å²) < 4.78 is 5.25. The van der Waals surface area contributed by atoms with Crippen molar-refractivity contribution in [3.05, 3.63) is 30.3 Å². The largest absolute Gasteiger partial charge is 0.337 e. The lowest BCUT2D eigenvalue weighted by atomic mass is 9.98. The van der Waals surface area contributed by atoms with Gasteiger partial charge in [0.05, 0.1) is 6.54 Å². The minimum Gasteiger partial charge on any atom is -0.337 e. The Kier molecular flexibility index (Phi) is 5.75. The van der Waals surface area contributed by atoms with Crippen LogP contribution >= 0.6 is 0 Å². The summed E-state index contributed by atoms with van der Waals surface area (Å²) in [4.78, 5) is 24.9. The van der Waals surface area contributed by atoms with Crippen molar-refractivity contribution in [2.45, 2.75) is 44.7 Å². The summed E-state index contributed by atoms with van der Waals surface area (Å²) in [5.74, 6) is 0.975. The van der Waals surface area contributed by atoms with Crippen molar-refractivity contribution in [2.75, 3.05) is 20.6 Å². The van der Waals surface area contributed by atoms with E-state index in [1.54, 1.807) is 18.1 Å². The van der Waals surface area contributed by atoms with Crippen LogP contribution in [-0.4, -0.2) is 57.5 Å². The van der Waals surface area contributed by atoms with Crippen molar-refractivity contribution >= 4 is 5.91 Å². The molecule has 2 aromatic rings. The zero-order valence-electron chi connectivity index (χ0n) is 14.9. The van der Waals surface area contributed by atoms with Gasteiger partial charge in [0.1, 0.15) is 5.69 Å². The fourth-order valence-electron chi connectivity index (χ4n) is 3.20. The smallest absolute Gasteiger partial charge is 0.246 e. The van der Waals surface area contributed by atoms with Crippen LogP contribution in [0.1, 0.15) is 38.0 Å². The fraction of sp³-hybridized carbons (Fsp3) is 0.556. The van der Waals surface area contributed by atoms with Gasteiger partial charge in [-0.3, -0.25) is 9.78 Å². The molecule has 1 fully saturated rings. The Labute approximate surface area is 148 Å². The fourth-order valence-corrected chi connectivity index (χ4v) is 3.20. The van der Waals surface area contributed by atoms with E-state index in [2.05, 4.69) is 27.1 Å². The van der Waals surface area contributed by atoms with Crippen LogP contribution in [0.3, 0.4) is 0 Å². The van der Waals surface area contributed by atoms with Crippen LogP contribution in [0.15, 0.2) is 28.9 Å².